The van der Waals surface area contributed by atoms with Gasteiger partial charge in [0, 0.05) is 21.8 Å². The largest absolute Gasteiger partial charge is 0.489 e. The lowest BCUT2D eigenvalue weighted by molar-refractivity contribution is 0.276. The summed E-state index contributed by atoms with van der Waals surface area (Å²) in [5, 5.41) is 14.5. The summed E-state index contributed by atoms with van der Waals surface area (Å²) in [5.74, 6) is 0.708. The number of halogens is 2. The number of benzene rings is 2. The van der Waals surface area contributed by atoms with Gasteiger partial charge in [0.05, 0.1) is 18.0 Å². The Morgan fingerprint density at radius 1 is 1.00 bits per heavy atom. The Hall–Kier alpha value is -2.01. The molecule has 6 heteroatoms. The van der Waals surface area contributed by atoms with Gasteiger partial charge >= 0.3 is 0 Å². The van der Waals surface area contributed by atoms with Crippen LogP contribution in [-0.4, -0.2) is 14.9 Å². The van der Waals surface area contributed by atoms with Crippen molar-refractivity contribution in [2.24, 2.45) is 0 Å². The molecule has 0 radical (unpaired) electrons. The van der Waals surface area contributed by atoms with E-state index in [1.165, 1.54) is 0 Å². The minimum Gasteiger partial charge on any atom is -0.489 e. The summed E-state index contributed by atoms with van der Waals surface area (Å²) in [7, 11) is 0. The van der Waals surface area contributed by atoms with Crippen LogP contribution in [-0.2, 0) is 13.2 Å². The van der Waals surface area contributed by atoms with Gasteiger partial charge in [-0.05, 0) is 42.5 Å². The van der Waals surface area contributed by atoms with E-state index in [9.17, 15) is 0 Å². The van der Waals surface area contributed by atoms with Crippen molar-refractivity contribution in [1.29, 1.82) is 0 Å². The second-order valence-corrected chi connectivity index (χ2v) is 5.71. The van der Waals surface area contributed by atoms with Crippen LogP contribution in [0.4, 0.5) is 0 Å². The first-order chi connectivity index (χ1) is 11.2. The molecule has 1 heterocycles. The number of aromatic nitrogens is 2. The summed E-state index contributed by atoms with van der Waals surface area (Å²) >= 11 is 12.2. The summed E-state index contributed by atoms with van der Waals surface area (Å²) < 4.78 is 7.43. The van der Waals surface area contributed by atoms with E-state index < -0.39 is 0 Å². The third kappa shape index (κ3) is 3.67. The standard InChI is InChI=1S/C17H14Cl2N2O2/c18-16-2-1-3-17(19)15(16)11-23-14-6-4-13(5-7-14)21-9-8-12(10-22)20-21/h1-9,22H,10-11H2. The molecular weight excluding hydrogens is 335 g/mol. The van der Waals surface area contributed by atoms with Gasteiger partial charge in [-0.25, -0.2) is 4.68 Å². The number of hydrogen-bond donors (Lipinski definition) is 1. The van der Waals surface area contributed by atoms with Crippen molar-refractivity contribution in [2.75, 3.05) is 0 Å². The summed E-state index contributed by atoms with van der Waals surface area (Å²) in [6.07, 6.45) is 1.80. The fourth-order valence-corrected chi connectivity index (χ4v) is 2.62. The van der Waals surface area contributed by atoms with Gasteiger partial charge in [-0.15, -0.1) is 0 Å². The molecule has 0 atom stereocenters. The zero-order chi connectivity index (χ0) is 16.2. The van der Waals surface area contributed by atoms with E-state index in [-0.39, 0.29) is 6.61 Å². The quantitative estimate of drug-likeness (QED) is 0.749. The molecule has 2 aromatic carbocycles. The van der Waals surface area contributed by atoms with Crippen LogP contribution in [0.5, 0.6) is 5.75 Å². The SMILES string of the molecule is OCc1ccn(-c2ccc(OCc3c(Cl)cccc3Cl)cc2)n1. The first-order valence-electron chi connectivity index (χ1n) is 6.99. The van der Waals surface area contributed by atoms with E-state index in [1.807, 2.05) is 24.3 Å². The minimum atomic E-state index is -0.0766. The third-order valence-electron chi connectivity index (χ3n) is 3.35. The molecule has 0 fully saturated rings. The Balaban J connectivity index is 1.70. The maximum absolute atomic E-state index is 9.05. The first-order valence-corrected chi connectivity index (χ1v) is 7.74. The highest BCUT2D eigenvalue weighted by Crippen LogP contribution is 2.26. The fourth-order valence-electron chi connectivity index (χ4n) is 2.11. The number of aliphatic hydroxyl groups is 1. The number of aliphatic hydroxyl groups excluding tert-OH is 1. The van der Waals surface area contributed by atoms with E-state index in [4.69, 9.17) is 33.0 Å². The lowest BCUT2D eigenvalue weighted by atomic mass is 10.2. The Bertz CT molecular complexity index is 780. The molecule has 0 saturated heterocycles. The van der Waals surface area contributed by atoms with Crippen molar-refractivity contribution in [3.05, 3.63) is 76.0 Å². The summed E-state index contributed by atoms with van der Waals surface area (Å²) in [6, 6.07) is 14.6. The normalized spacial score (nSPS) is 10.7. The second kappa shape index (κ2) is 7.04. The highest BCUT2D eigenvalue weighted by molar-refractivity contribution is 6.35. The highest BCUT2D eigenvalue weighted by atomic mass is 35.5. The Kier molecular flexibility index (Phi) is 4.86. The van der Waals surface area contributed by atoms with Crippen LogP contribution in [0.3, 0.4) is 0 Å². The van der Waals surface area contributed by atoms with Gasteiger partial charge in [0.2, 0.25) is 0 Å². The molecule has 0 aliphatic carbocycles. The molecule has 3 rings (SSSR count). The molecule has 0 aliphatic rings. The van der Waals surface area contributed by atoms with E-state index in [2.05, 4.69) is 5.10 Å². The molecule has 1 N–H and O–H groups in total. The van der Waals surface area contributed by atoms with Crippen molar-refractivity contribution in [1.82, 2.24) is 9.78 Å². The average Bonchev–Trinajstić information content (AvgIpc) is 3.04. The Morgan fingerprint density at radius 2 is 1.70 bits per heavy atom. The number of ether oxygens (including phenoxy) is 1. The van der Waals surface area contributed by atoms with Gasteiger partial charge in [-0.2, -0.15) is 5.10 Å². The molecule has 3 aromatic rings. The summed E-state index contributed by atoms with van der Waals surface area (Å²) in [5.41, 5.74) is 2.27. The Morgan fingerprint density at radius 3 is 2.30 bits per heavy atom. The van der Waals surface area contributed by atoms with Crippen molar-refractivity contribution >= 4 is 23.2 Å². The molecule has 1 aromatic heterocycles. The smallest absolute Gasteiger partial charge is 0.119 e. The monoisotopic (exact) mass is 348 g/mol. The topological polar surface area (TPSA) is 47.3 Å². The predicted octanol–water partition coefficient (Wildman–Crippen LogP) is 4.25. The second-order valence-electron chi connectivity index (χ2n) is 4.89. The van der Waals surface area contributed by atoms with Crippen molar-refractivity contribution in [2.45, 2.75) is 13.2 Å². The van der Waals surface area contributed by atoms with E-state index >= 15 is 0 Å². The van der Waals surface area contributed by atoms with Gasteiger partial charge in [0.15, 0.2) is 0 Å². The van der Waals surface area contributed by atoms with Crippen molar-refractivity contribution in [3.8, 4) is 11.4 Å². The fraction of sp³-hybridized carbons (Fsp3) is 0.118. The summed E-state index contributed by atoms with van der Waals surface area (Å²) in [4.78, 5) is 0. The molecule has 0 bridgehead atoms. The first kappa shape index (κ1) is 15.9. The van der Waals surface area contributed by atoms with Gasteiger partial charge in [0.25, 0.3) is 0 Å². The zero-order valence-corrected chi connectivity index (χ0v) is 13.6. The maximum Gasteiger partial charge on any atom is 0.119 e. The van der Waals surface area contributed by atoms with Crippen LogP contribution in [0.25, 0.3) is 5.69 Å². The zero-order valence-electron chi connectivity index (χ0n) is 12.1. The van der Waals surface area contributed by atoms with Crippen LogP contribution < -0.4 is 4.74 Å². The Labute approximate surface area is 143 Å². The van der Waals surface area contributed by atoms with E-state index in [1.54, 1.807) is 35.1 Å². The highest BCUT2D eigenvalue weighted by Gasteiger charge is 2.07. The minimum absolute atomic E-state index is 0.0766. The van der Waals surface area contributed by atoms with Gasteiger partial charge in [-0.1, -0.05) is 29.3 Å². The van der Waals surface area contributed by atoms with Crippen LogP contribution in [0.1, 0.15) is 11.3 Å². The molecule has 0 saturated carbocycles. The van der Waals surface area contributed by atoms with Crippen molar-refractivity contribution < 1.29 is 9.84 Å². The molecule has 0 aliphatic heterocycles. The number of hydrogen-bond acceptors (Lipinski definition) is 3. The van der Waals surface area contributed by atoms with E-state index in [0.29, 0.717) is 28.1 Å². The molecule has 0 amide bonds. The lowest BCUT2D eigenvalue weighted by Crippen LogP contribution is -1.99. The number of nitrogens with zero attached hydrogens (tertiary/aromatic N) is 2. The maximum atomic E-state index is 9.05. The lowest BCUT2D eigenvalue weighted by Gasteiger charge is -2.10. The predicted molar refractivity (Wildman–Crippen MR) is 90.3 cm³/mol. The average molecular weight is 349 g/mol. The van der Waals surface area contributed by atoms with Gasteiger partial charge in [-0.3, -0.25) is 0 Å². The van der Waals surface area contributed by atoms with Gasteiger partial charge < -0.3 is 9.84 Å². The van der Waals surface area contributed by atoms with Crippen LogP contribution >= 0.6 is 23.2 Å². The van der Waals surface area contributed by atoms with Crippen LogP contribution in [0.15, 0.2) is 54.7 Å². The molecular formula is C17H14Cl2N2O2. The third-order valence-corrected chi connectivity index (χ3v) is 4.06. The molecule has 0 spiro atoms. The van der Waals surface area contributed by atoms with Crippen LogP contribution in [0.2, 0.25) is 10.0 Å². The molecule has 4 nitrogen and oxygen atoms in total. The van der Waals surface area contributed by atoms with E-state index in [0.717, 1.165) is 11.3 Å². The van der Waals surface area contributed by atoms with Crippen LogP contribution in [0, 0.1) is 0 Å². The van der Waals surface area contributed by atoms with Gasteiger partial charge in [0.1, 0.15) is 12.4 Å². The molecule has 118 valence electrons. The summed E-state index contributed by atoms with van der Waals surface area (Å²) in [6.45, 7) is 0.223. The number of rotatable bonds is 5. The molecule has 0 unspecified atom stereocenters. The molecule has 23 heavy (non-hydrogen) atoms. The van der Waals surface area contributed by atoms with Crippen molar-refractivity contribution in [3.63, 3.8) is 0 Å².